The Balaban J connectivity index is 1.71. The van der Waals surface area contributed by atoms with E-state index in [0.717, 1.165) is 45.0 Å². The predicted molar refractivity (Wildman–Crippen MR) is 85.7 cm³/mol. The molecule has 0 amide bonds. The first kappa shape index (κ1) is 14.8. The average Bonchev–Trinajstić information content (AvgIpc) is 2.96. The summed E-state index contributed by atoms with van der Waals surface area (Å²) in [7, 11) is 0. The standard InChI is InChI=1S/C17H27N3O/c1-13(2)19-6-8-20(9-7-19)16(12-18)14-3-4-17-15(11-14)5-10-21-17/h3-4,11,13,16H,5-10,12,18H2,1-2H3. The number of piperazine rings is 1. The third kappa shape index (κ3) is 3.07. The Morgan fingerprint density at radius 3 is 2.52 bits per heavy atom. The molecule has 2 N–H and O–H groups in total. The van der Waals surface area contributed by atoms with Crippen molar-refractivity contribution in [3.8, 4) is 5.75 Å². The van der Waals surface area contributed by atoms with Crippen molar-refractivity contribution in [3.63, 3.8) is 0 Å². The van der Waals surface area contributed by atoms with E-state index >= 15 is 0 Å². The van der Waals surface area contributed by atoms with Gasteiger partial charge in [0.2, 0.25) is 0 Å². The fourth-order valence-electron chi connectivity index (χ4n) is 3.48. The van der Waals surface area contributed by atoms with E-state index in [9.17, 15) is 0 Å². The molecule has 1 aromatic carbocycles. The minimum absolute atomic E-state index is 0.338. The highest BCUT2D eigenvalue weighted by Crippen LogP contribution is 2.30. The zero-order valence-corrected chi connectivity index (χ0v) is 13.2. The van der Waals surface area contributed by atoms with E-state index in [1.165, 1.54) is 11.1 Å². The molecule has 0 bridgehead atoms. The molecule has 0 radical (unpaired) electrons. The van der Waals surface area contributed by atoms with Crippen LogP contribution in [0.2, 0.25) is 0 Å². The Morgan fingerprint density at radius 2 is 1.86 bits per heavy atom. The molecule has 0 aliphatic carbocycles. The zero-order valence-electron chi connectivity index (χ0n) is 13.2. The van der Waals surface area contributed by atoms with Gasteiger partial charge in [0.05, 0.1) is 6.61 Å². The number of benzene rings is 1. The SMILES string of the molecule is CC(C)N1CCN(C(CN)c2ccc3c(c2)CCO3)CC1. The topological polar surface area (TPSA) is 41.7 Å². The van der Waals surface area contributed by atoms with Crippen molar-refractivity contribution in [2.75, 3.05) is 39.3 Å². The first-order chi connectivity index (χ1) is 10.2. The maximum atomic E-state index is 6.09. The van der Waals surface area contributed by atoms with E-state index in [4.69, 9.17) is 10.5 Å². The summed E-state index contributed by atoms with van der Waals surface area (Å²) in [6, 6.07) is 7.58. The van der Waals surface area contributed by atoms with E-state index in [1.54, 1.807) is 0 Å². The Hall–Kier alpha value is -1.10. The molecular weight excluding hydrogens is 262 g/mol. The van der Waals surface area contributed by atoms with Crippen molar-refractivity contribution in [1.29, 1.82) is 0 Å². The van der Waals surface area contributed by atoms with Crippen molar-refractivity contribution in [1.82, 2.24) is 9.80 Å². The molecule has 2 heterocycles. The molecule has 116 valence electrons. The van der Waals surface area contributed by atoms with Gasteiger partial charge in [0.25, 0.3) is 0 Å². The van der Waals surface area contributed by atoms with Crippen LogP contribution < -0.4 is 10.5 Å². The van der Waals surface area contributed by atoms with Crippen LogP contribution in [0, 0.1) is 0 Å². The fourth-order valence-corrected chi connectivity index (χ4v) is 3.48. The summed E-state index contributed by atoms with van der Waals surface area (Å²) < 4.78 is 5.60. The molecule has 4 nitrogen and oxygen atoms in total. The Bertz CT molecular complexity index is 481. The van der Waals surface area contributed by atoms with Crippen molar-refractivity contribution < 1.29 is 4.74 Å². The van der Waals surface area contributed by atoms with Gasteiger partial charge in [-0.2, -0.15) is 0 Å². The van der Waals surface area contributed by atoms with Gasteiger partial charge in [0.1, 0.15) is 5.75 Å². The van der Waals surface area contributed by atoms with Crippen LogP contribution >= 0.6 is 0 Å². The third-order valence-corrected chi connectivity index (χ3v) is 4.84. The third-order valence-electron chi connectivity index (χ3n) is 4.84. The largest absolute Gasteiger partial charge is 0.493 e. The number of ether oxygens (including phenoxy) is 1. The smallest absolute Gasteiger partial charge is 0.122 e. The normalized spacial score (nSPS) is 21.3. The molecule has 21 heavy (non-hydrogen) atoms. The highest BCUT2D eigenvalue weighted by Gasteiger charge is 2.26. The second-order valence-electron chi connectivity index (χ2n) is 6.38. The van der Waals surface area contributed by atoms with Gasteiger partial charge in [0, 0.05) is 51.2 Å². The lowest BCUT2D eigenvalue weighted by molar-refractivity contribution is 0.0802. The zero-order chi connectivity index (χ0) is 14.8. The van der Waals surface area contributed by atoms with Crippen LogP contribution in [0.3, 0.4) is 0 Å². The van der Waals surface area contributed by atoms with Crippen LogP contribution in [0.25, 0.3) is 0 Å². The first-order valence-corrected chi connectivity index (χ1v) is 8.13. The highest BCUT2D eigenvalue weighted by atomic mass is 16.5. The van der Waals surface area contributed by atoms with Crippen LogP contribution in [-0.4, -0.2) is 55.2 Å². The molecule has 2 aliphatic rings. The highest BCUT2D eigenvalue weighted by molar-refractivity contribution is 5.41. The summed E-state index contributed by atoms with van der Waals surface area (Å²) in [4.78, 5) is 5.08. The molecule has 0 aromatic heterocycles. The minimum Gasteiger partial charge on any atom is -0.493 e. The maximum Gasteiger partial charge on any atom is 0.122 e. The van der Waals surface area contributed by atoms with Gasteiger partial charge >= 0.3 is 0 Å². The molecule has 1 atom stereocenters. The van der Waals surface area contributed by atoms with Crippen LogP contribution in [-0.2, 0) is 6.42 Å². The van der Waals surface area contributed by atoms with Gasteiger partial charge in [-0.3, -0.25) is 9.80 Å². The second-order valence-corrected chi connectivity index (χ2v) is 6.38. The maximum absolute atomic E-state index is 6.09. The molecule has 2 aliphatic heterocycles. The minimum atomic E-state index is 0.338. The molecule has 1 unspecified atom stereocenters. The van der Waals surface area contributed by atoms with Crippen LogP contribution in [0.1, 0.15) is 31.0 Å². The Morgan fingerprint density at radius 1 is 1.14 bits per heavy atom. The Kier molecular flexibility index (Phi) is 4.48. The molecule has 0 saturated carbocycles. The van der Waals surface area contributed by atoms with Gasteiger partial charge in [-0.25, -0.2) is 0 Å². The molecule has 1 fully saturated rings. The number of hydrogen-bond acceptors (Lipinski definition) is 4. The van der Waals surface area contributed by atoms with Gasteiger partial charge in [-0.1, -0.05) is 12.1 Å². The van der Waals surface area contributed by atoms with E-state index in [-0.39, 0.29) is 0 Å². The molecule has 1 saturated heterocycles. The van der Waals surface area contributed by atoms with Crippen LogP contribution in [0.4, 0.5) is 0 Å². The van der Waals surface area contributed by atoms with Crippen LogP contribution in [0.15, 0.2) is 18.2 Å². The quantitative estimate of drug-likeness (QED) is 0.915. The molecule has 1 aromatic rings. The van der Waals surface area contributed by atoms with Gasteiger partial charge in [-0.15, -0.1) is 0 Å². The van der Waals surface area contributed by atoms with Crippen LogP contribution in [0.5, 0.6) is 5.75 Å². The van der Waals surface area contributed by atoms with E-state index in [2.05, 4.69) is 41.8 Å². The van der Waals surface area contributed by atoms with Crippen molar-refractivity contribution in [2.45, 2.75) is 32.4 Å². The predicted octanol–water partition coefficient (Wildman–Crippen LogP) is 1.65. The summed E-state index contributed by atoms with van der Waals surface area (Å²) in [6.45, 7) is 10.5. The summed E-state index contributed by atoms with van der Waals surface area (Å²) in [5.41, 5.74) is 8.78. The van der Waals surface area contributed by atoms with Crippen molar-refractivity contribution in [3.05, 3.63) is 29.3 Å². The van der Waals surface area contributed by atoms with Gasteiger partial charge in [0.15, 0.2) is 0 Å². The number of rotatable bonds is 4. The number of nitrogens with two attached hydrogens (primary N) is 1. The monoisotopic (exact) mass is 289 g/mol. The lowest BCUT2D eigenvalue weighted by atomic mass is 10.0. The molecule has 0 spiro atoms. The molecule has 4 heteroatoms. The fraction of sp³-hybridized carbons (Fsp3) is 0.647. The molecular formula is C17H27N3O. The van der Waals surface area contributed by atoms with E-state index in [1.807, 2.05) is 0 Å². The van der Waals surface area contributed by atoms with E-state index in [0.29, 0.717) is 18.6 Å². The van der Waals surface area contributed by atoms with Crippen molar-refractivity contribution >= 4 is 0 Å². The van der Waals surface area contributed by atoms with E-state index < -0.39 is 0 Å². The lowest BCUT2D eigenvalue weighted by Crippen LogP contribution is -2.50. The van der Waals surface area contributed by atoms with Gasteiger partial charge in [-0.05, 0) is 31.0 Å². The van der Waals surface area contributed by atoms with Crippen molar-refractivity contribution in [2.24, 2.45) is 5.73 Å². The summed E-state index contributed by atoms with van der Waals surface area (Å²) >= 11 is 0. The average molecular weight is 289 g/mol. The lowest BCUT2D eigenvalue weighted by Gasteiger charge is -2.40. The summed E-state index contributed by atoms with van der Waals surface area (Å²) in [5.74, 6) is 1.05. The first-order valence-electron chi connectivity index (χ1n) is 8.13. The summed E-state index contributed by atoms with van der Waals surface area (Å²) in [6.07, 6.45) is 1.03. The number of hydrogen-bond donors (Lipinski definition) is 1. The Labute approximate surface area is 127 Å². The number of fused-ring (bicyclic) bond motifs is 1. The van der Waals surface area contributed by atoms with Gasteiger partial charge < -0.3 is 10.5 Å². The molecule has 3 rings (SSSR count). The summed E-state index contributed by atoms with van der Waals surface area (Å²) in [5, 5.41) is 0. The number of nitrogens with zero attached hydrogens (tertiary/aromatic N) is 2. The second kappa shape index (κ2) is 6.34.